The number of phenolic OH excluding ortho intramolecular Hbond substituents is 1. The second-order valence-electron chi connectivity index (χ2n) is 4.58. The molecule has 0 unspecified atom stereocenters. The zero-order chi connectivity index (χ0) is 15.5. The number of hydrogen-bond acceptors (Lipinski definition) is 7. The number of rotatable bonds is 4. The number of phenols is 1. The van der Waals surface area contributed by atoms with Gasteiger partial charge in [-0.2, -0.15) is 0 Å². The number of hydrogen-bond donors (Lipinski definition) is 1. The van der Waals surface area contributed by atoms with Crippen LogP contribution < -0.4 is 0 Å². The molecular weight excluding hydrogens is 320 g/mol. The van der Waals surface area contributed by atoms with Crippen LogP contribution in [-0.2, 0) is 9.53 Å². The van der Waals surface area contributed by atoms with Crippen LogP contribution in [0.25, 0.3) is 16.3 Å². The van der Waals surface area contributed by atoms with Gasteiger partial charge in [-0.25, -0.2) is 9.78 Å². The van der Waals surface area contributed by atoms with Gasteiger partial charge in [0.2, 0.25) is 0 Å². The van der Waals surface area contributed by atoms with Crippen molar-refractivity contribution in [2.45, 2.75) is 13.0 Å². The molecule has 1 aromatic heterocycles. The normalized spacial score (nSPS) is 18.0. The van der Waals surface area contributed by atoms with Gasteiger partial charge in [0.05, 0.1) is 21.9 Å². The highest BCUT2D eigenvalue weighted by atomic mass is 32.2. The number of ether oxygens (including phenoxy) is 1. The third kappa shape index (κ3) is 3.31. The molecule has 1 N–H and O–H groups in total. The molecule has 0 fully saturated rings. The topological polar surface area (TPSA) is 71.8 Å². The van der Waals surface area contributed by atoms with E-state index < -0.39 is 6.04 Å². The third-order valence-corrected chi connectivity index (χ3v) is 4.99. The molecule has 7 heteroatoms. The second kappa shape index (κ2) is 6.50. The number of carbonyl (C=O) groups is 1. The Kier molecular flexibility index (Phi) is 4.44. The minimum Gasteiger partial charge on any atom is -0.508 e. The van der Waals surface area contributed by atoms with Gasteiger partial charge in [0.15, 0.2) is 6.04 Å². The molecular formula is C15H14N2O3S2. The Hall–Kier alpha value is -1.86. The van der Waals surface area contributed by atoms with Gasteiger partial charge in [-0.05, 0) is 37.3 Å². The number of esters is 1. The first-order chi connectivity index (χ1) is 10.7. The van der Waals surface area contributed by atoms with Crippen molar-refractivity contribution in [1.29, 1.82) is 0 Å². The lowest BCUT2D eigenvalue weighted by Crippen LogP contribution is -2.21. The van der Waals surface area contributed by atoms with E-state index >= 15 is 0 Å². The molecule has 1 atom stereocenters. The summed E-state index contributed by atoms with van der Waals surface area (Å²) in [5, 5.41) is 11.1. The van der Waals surface area contributed by atoms with Crippen LogP contribution in [0.1, 0.15) is 11.9 Å². The number of carbonyl (C=O) groups excluding carboxylic acids is 1. The highest BCUT2D eigenvalue weighted by Crippen LogP contribution is 2.27. The lowest BCUT2D eigenvalue weighted by Gasteiger charge is -2.03. The van der Waals surface area contributed by atoms with E-state index in [1.54, 1.807) is 25.1 Å². The van der Waals surface area contributed by atoms with E-state index in [9.17, 15) is 9.90 Å². The predicted octanol–water partition coefficient (Wildman–Crippen LogP) is 3.09. The van der Waals surface area contributed by atoms with E-state index in [2.05, 4.69) is 9.98 Å². The molecule has 2 aromatic rings. The summed E-state index contributed by atoms with van der Waals surface area (Å²) in [7, 11) is 0. The SMILES string of the molecule is CCOC(=O)[C@H]1CSC(C=Cc2nc3ccc(O)cc3s2)=N1. The van der Waals surface area contributed by atoms with Crippen LogP contribution in [0.15, 0.2) is 29.3 Å². The molecule has 0 radical (unpaired) electrons. The maximum atomic E-state index is 11.6. The number of benzene rings is 1. The molecule has 0 aliphatic carbocycles. The summed E-state index contributed by atoms with van der Waals surface area (Å²) in [5.41, 5.74) is 0.855. The Balaban J connectivity index is 1.73. The molecule has 0 spiro atoms. The van der Waals surface area contributed by atoms with Crippen molar-refractivity contribution in [2.75, 3.05) is 12.4 Å². The zero-order valence-electron chi connectivity index (χ0n) is 11.9. The molecule has 5 nitrogen and oxygen atoms in total. The first-order valence-electron chi connectivity index (χ1n) is 6.80. The third-order valence-electron chi connectivity index (χ3n) is 2.99. The number of thioether (sulfide) groups is 1. The van der Waals surface area contributed by atoms with Crippen molar-refractivity contribution in [3.63, 3.8) is 0 Å². The van der Waals surface area contributed by atoms with E-state index in [4.69, 9.17) is 4.74 Å². The molecule has 1 aliphatic rings. The Bertz CT molecular complexity index is 767. The number of aliphatic imine (C=N–C) groups is 1. The second-order valence-corrected chi connectivity index (χ2v) is 6.69. The van der Waals surface area contributed by atoms with Crippen LogP contribution in [0.3, 0.4) is 0 Å². The maximum absolute atomic E-state index is 11.6. The van der Waals surface area contributed by atoms with Crippen molar-refractivity contribution in [1.82, 2.24) is 4.98 Å². The van der Waals surface area contributed by atoms with E-state index in [0.29, 0.717) is 12.4 Å². The van der Waals surface area contributed by atoms with E-state index in [-0.39, 0.29) is 11.7 Å². The number of fused-ring (bicyclic) bond motifs is 1. The van der Waals surface area contributed by atoms with Crippen LogP contribution in [0, 0.1) is 0 Å². The molecule has 114 valence electrons. The van der Waals surface area contributed by atoms with Gasteiger partial charge in [0, 0.05) is 5.75 Å². The summed E-state index contributed by atoms with van der Waals surface area (Å²) < 4.78 is 5.91. The molecule has 3 rings (SSSR count). The van der Waals surface area contributed by atoms with Crippen molar-refractivity contribution >= 4 is 50.4 Å². The van der Waals surface area contributed by atoms with E-state index in [0.717, 1.165) is 20.3 Å². The molecule has 2 heterocycles. The lowest BCUT2D eigenvalue weighted by atomic mass is 10.3. The van der Waals surface area contributed by atoms with Crippen molar-refractivity contribution in [3.8, 4) is 5.75 Å². The number of aromatic nitrogens is 1. The molecule has 0 saturated heterocycles. The molecule has 0 bridgehead atoms. The molecule has 0 amide bonds. The predicted molar refractivity (Wildman–Crippen MR) is 90.6 cm³/mol. The van der Waals surface area contributed by atoms with Gasteiger partial charge in [0.25, 0.3) is 0 Å². The maximum Gasteiger partial charge on any atom is 0.331 e. The average Bonchev–Trinajstić information content (AvgIpc) is 3.11. The summed E-state index contributed by atoms with van der Waals surface area (Å²) in [6, 6.07) is 4.70. The summed E-state index contributed by atoms with van der Waals surface area (Å²) in [4.78, 5) is 20.4. The first-order valence-corrected chi connectivity index (χ1v) is 8.61. The highest BCUT2D eigenvalue weighted by molar-refractivity contribution is 8.14. The van der Waals surface area contributed by atoms with Crippen molar-refractivity contribution in [2.24, 2.45) is 4.99 Å². The quantitative estimate of drug-likeness (QED) is 0.870. The van der Waals surface area contributed by atoms with Gasteiger partial charge in [-0.1, -0.05) is 0 Å². The standard InChI is InChI=1S/C15H14N2O3S2/c1-2-20-15(19)11-8-21-13(17-11)5-6-14-16-10-4-3-9(18)7-12(10)22-14/h3-7,11,18H,2,8H2,1H3/t11-/m1/s1. The Labute approximate surface area is 135 Å². The first kappa shape index (κ1) is 15.1. The summed E-state index contributed by atoms with van der Waals surface area (Å²) in [5.74, 6) is 0.584. The molecule has 0 saturated carbocycles. The molecule has 1 aromatic carbocycles. The van der Waals surface area contributed by atoms with Crippen LogP contribution in [0.5, 0.6) is 5.75 Å². The highest BCUT2D eigenvalue weighted by Gasteiger charge is 2.24. The van der Waals surface area contributed by atoms with Gasteiger partial charge in [0.1, 0.15) is 10.8 Å². The van der Waals surface area contributed by atoms with Gasteiger partial charge in [-0.3, -0.25) is 4.99 Å². The van der Waals surface area contributed by atoms with Gasteiger partial charge < -0.3 is 9.84 Å². The Morgan fingerprint density at radius 1 is 1.50 bits per heavy atom. The molecule has 22 heavy (non-hydrogen) atoms. The summed E-state index contributed by atoms with van der Waals surface area (Å²) >= 11 is 3.03. The van der Waals surface area contributed by atoms with Crippen LogP contribution in [-0.4, -0.2) is 39.5 Å². The van der Waals surface area contributed by atoms with E-state index in [1.165, 1.54) is 23.1 Å². The molecule has 1 aliphatic heterocycles. The zero-order valence-corrected chi connectivity index (χ0v) is 13.5. The minimum atomic E-state index is -0.406. The smallest absolute Gasteiger partial charge is 0.331 e. The number of aromatic hydroxyl groups is 1. The van der Waals surface area contributed by atoms with Crippen molar-refractivity contribution in [3.05, 3.63) is 29.3 Å². The van der Waals surface area contributed by atoms with E-state index in [1.807, 2.05) is 12.2 Å². The fraction of sp³-hybridized carbons (Fsp3) is 0.267. The monoisotopic (exact) mass is 334 g/mol. The van der Waals surface area contributed by atoms with Gasteiger partial charge >= 0.3 is 5.97 Å². The average molecular weight is 334 g/mol. The Morgan fingerprint density at radius 3 is 3.18 bits per heavy atom. The van der Waals surface area contributed by atoms with Crippen LogP contribution in [0.4, 0.5) is 0 Å². The van der Waals surface area contributed by atoms with Gasteiger partial charge in [-0.15, -0.1) is 23.1 Å². The fourth-order valence-corrected chi connectivity index (χ4v) is 3.80. The number of nitrogens with zero attached hydrogens (tertiary/aromatic N) is 2. The Morgan fingerprint density at radius 2 is 2.36 bits per heavy atom. The minimum absolute atomic E-state index is 0.236. The van der Waals surface area contributed by atoms with Crippen LogP contribution >= 0.6 is 23.1 Å². The van der Waals surface area contributed by atoms with Crippen molar-refractivity contribution < 1.29 is 14.6 Å². The number of thiazole rings is 1. The summed E-state index contributed by atoms with van der Waals surface area (Å²) in [6.45, 7) is 2.16. The summed E-state index contributed by atoms with van der Waals surface area (Å²) in [6.07, 6.45) is 3.74. The largest absolute Gasteiger partial charge is 0.508 e. The van der Waals surface area contributed by atoms with Crippen LogP contribution in [0.2, 0.25) is 0 Å². The fourth-order valence-electron chi connectivity index (χ4n) is 1.99. The lowest BCUT2D eigenvalue weighted by molar-refractivity contribution is -0.143.